The van der Waals surface area contributed by atoms with Crippen LogP contribution in [0.25, 0.3) is 0 Å². The molecule has 0 aromatic heterocycles. The highest BCUT2D eigenvalue weighted by molar-refractivity contribution is 7.89. The van der Waals surface area contributed by atoms with Gasteiger partial charge in [-0.2, -0.15) is 4.31 Å². The van der Waals surface area contributed by atoms with Gasteiger partial charge in [0.1, 0.15) is 6.04 Å². The van der Waals surface area contributed by atoms with Gasteiger partial charge in [0.05, 0.1) is 12.0 Å². The van der Waals surface area contributed by atoms with E-state index < -0.39 is 22.0 Å². The summed E-state index contributed by atoms with van der Waals surface area (Å²) in [6, 6.07) is 12.4. The van der Waals surface area contributed by atoms with Crippen LogP contribution in [-0.2, 0) is 43.6 Å². The molecule has 0 radical (unpaired) electrons. The van der Waals surface area contributed by atoms with Crippen LogP contribution in [0.15, 0.2) is 47.4 Å². The van der Waals surface area contributed by atoms with Gasteiger partial charge in [0, 0.05) is 31.1 Å². The summed E-state index contributed by atoms with van der Waals surface area (Å²) in [5.41, 5.74) is 4.07. The van der Waals surface area contributed by atoms with Crippen molar-refractivity contribution in [2.45, 2.75) is 55.9 Å². The first kappa shape index (κ1) is 23.1. The highest BCUT2D eigenvalue weighted by Gasteiger charge is 2.42. The second-order valence-electron chi connectivity index (χ2n) is 9.40. The minimum absolute atomic E-state index is 0.133. The second-order valence-corrected chi connectivity index (χ2v) is 11.3. The van der Waals surface area contributed by atoms with Crippen LogP contribution in [0.2, 0.25) is 0 Å². The molecule has 1 atom stereocenters. The molecule has 180 valence electrons. The second kappa shape index (κ2) is 9.15. The van der Waals surface area contributed by atoms with E-state index in [4.69, 9.17) is 4.74 Å². The third-order valence-electron chi connectivity index (χ3n) is 7.45. The van der Waals surface area contributed by atoms with Gasteiger partial charge in [-0.1, -0.05) is 24.3 Å². The third kappa shape index (κ3) is 4.03. The molecule has 0 N–H and O–H groups in total. The number of para-hydroxylation sites is 1. The molecule has 2 heterocycles. The minimum Gasteiger partial charge on any atom is -0.467 e. The number of aryl methyl sites for hydroxylation is 2. The van der Waals surface area contributed by atoms with Gasteiger partial charge in [-0.05, 0) is 73.4 Å². The molecule has 3 aliphatic rings. The third-order valence-corrected chi connectivity index (χ3v) is 9.34. The topological polar surface area (TPSA) is 84.0 Å². The summed E-state index contributed by atoms with van der Waals surface area (Å²) in [7, 11) is -2.27. The van der Waals surface area contributed by atoms with Gasteiger partial charge in [0.15, 0.2) is 0 Å². The number of anilines is 1. The van der Waals surface area contributed by atoms with Crippen molar-refractivity contribution in [3.05, 3.63) is 59.2 Å². The van der Waals surface area contributed by atoms with Gasteiger partial charge in [-0.15, -0.1) is 0 Å². The number of sulfonamides is 1. The number of amides is 1. The van der Waals surface area contributed by atoms with Gasteiger partial charge in [0.25, 0.3) is 0 Å². The summed E-state index contributed by atoms with van der Waals surface area (Å²) in [5.74, 6) is -0.906. The molecule has 1 saturated heterocycles. The van der Waals surface area contributed by atoms with E-state index in [2.05, 4.69) is 0 Å². The quantitative estimate of drug-likeness (QED) is 0.626. The van der Waals surface area contributed by atoms with Crippen molar-refractivity contribution in [2.75, 3.05) is 25.1 Å². The van der Waals surface area contributed by atoms with Crippen molar-refractivity contribution < 1.29 is 22.7 Å². The minimum atomic E-state index is -3.61. The molecule has 7 nitrogen and oxygen atoms in total. The molecule has 1 aliphatic carbocycles. The lowest BCUT2D eigenvalue weighted by molar-refractivity contribution is -0.143. The number of ether oxygens (including phenoxy) is 1. The van der Waals surface area contributed by atoms with Crippen LogP contribution in [0.1, 0.15) is 42.4 Å². The molecule has 1 fully saturated rings. The zero-order valence-corrected chi connectivity index (χ0v) is 20.2. The average molecular weight is 483 g/mol. The summed E-state index contributed by atoms with van der Waals surface area (Å²) in [6.45, 7) is 0.572. The van der Waals surface area contributed by atoms with Gasteiger partial charge in [-0.3, -0.25) is 9.69 Å². The first-order chi connectivity index (χ1) is 16.4. The van der Waals surface area contributed by atoms with Crippen LogP contribution >= 0.6 is 0 Å². The normalized spacial score (nSPS) is 21.1. The molecule has 0 saturated carbocycles. The number of esters is 1. The Hall–Kier alpha value is -2.71. The lowest BCUT2D eigenvalue weighted by Gasteiger charge is -2.34. The van der Waals surface area contributed by atoms with E-state index in [0.717, 1.165) is 42.5 Å². The van der Waals surface area contributed by atoms with Gasteiger partial charge in [-0.25, -0.2) is 13.2 Å². The van der Waals surface area contributed by atoms with Crippen molar-refractivity contribution in [1.82, 2.24) is 4.31 Å². The summed E-state index contributed by atoms with van der Waals surface area (Å²) >= 11 is 0. The maximum Gasteiger partial charge on any atom is 0.329 e. The fourth-order valence-electron chi connectivity index (χ4n) is 5.54. The number of carbonyl (C=O) groups excluding carboxylic acids is 2. The Labute approximate surface area is 200 Å². The van der Waals surface area contributed by atoms with Crippen LogP contribution in [0, 0.1) is 5.92 Å². The van der Waals surface area contributed by atoms with Crippen molar-refractivity contribution in [3.63, 3.8) is 0 Å². The van der Waals surface area contributed by atoms with Crippen LogP contribution in [0.4, 0.5) is 5.69 Å². The largest absolute Gasteiger partial charge is 0.467 e. The molecule has 0 bridgehead atoms. The standard InChI is InChI=1S/C26H30N2O5S/c1-33-26(30)24-17-21-8-4-5-9-23(21)28(24)25(29)19-12-14-27(15-13-19)34(31,32)22-11-10-18-6-2-3-7-20(18)16-22/h4-5,8-11,16,19,24H,2-3,6-7,12-15,17H2,1H3. The zero-order valence-electron chi connectivity index (χ0n) is 19.4. The Kier molecular flexibility index (Phi) is 6.20. The van der Waals surface area contributed by atoms with Crippen molar-refractivity contribution in [1.29, 1.82) is 0 Å². The van der Waals surface area contributed by atoms with E-state index in [1.807, 2.05) is 36.4 Å². The first-order valence-corrected chi connectivity index (χ1v) is 13.4. The molecule has 34 heavy (non-hydrogen) atoms. The van der Waals surface area contributed by atoms with Crippen molar-refractivity contribution in [3.8, 4) is 0 Å². The van der Waals surface area contributed by atoms with Crippen LogP contribution in [0.3, 0.4) is 0 Å². The Bertz CT molecular complexity index is 1220. The van der Waals surface area contributed by atoms with Gasteiger partial charge < -0.3 is 4.74 Å². The lowest BCUT2D eigenvalue weighted by Crippen LogP contribution is -2.49. The molecular weight excluding hydrogens is 452 g/mol. The fourth-order valence-corrected chi connectivity index (χ4v) is 7.06. The maximum atomic E-state index is 13.5. The van der Waals surface area contributed by atoms with E-state index in [-0.39, 0.29) is 24.9 Å². The lowest BCUT2D eigenvalue weighted by atomic mass is 9.92. The number of nitrogens with zero attached hydrogens (tertiary/aromatic N) is 2. The number of hydrogen-bond donors (Lipinski definition) is 0. The molecule has 2 aromatic rings. The Balaban J connectivity index is 1.31. The maximum absolute atomic E-state index is 13.5. The summed E-state index contributed by atoms with van der Waals surface area (Å²) in [4.78, 5) is 27.9. The predicted octanol–water partition coefficient (Wildman–Crippen LogP) is 3.10. The fraction of sp³-hybridized carbons (Fsp3) is 0.462. The van der Waals surface area contributed by atoms with Crippen LogP contribution in [0.5, 0.6) is 0 Å². The van der Waals surface area contributed by atoms with Crippen molar-refractivity contribution >= 4 is 27.6 Å². The van der Waals surface area contributed by atoms with E-state index in [1.165, 1.54) is 17.0 Å². The summed E-state index contributed by atoms with van der Waals surface area (Å²) in [5, 5.41) is 0. The summed E-state index contributed by atoms with van der Waals surface area (Å²) < 4.78 is 33.1. The van der Waals surface area contributed by atoms with Gasteiger partial charge in [0.2, 0.25) is 15.9 Å². The molecular formula is C26H30N2O5S. The zero-order chi connectivity index (χ0) is 23.9. The number of rotatable bonds is 4. The highest BCUT2D eigenvalue weighted by atomic mass is 32.2. The molecule has 0 spiro atoms. The number of hydrogen-bond acceptors (Lipinski definition) is 5. The van der Waals surface area contributed by atoms with E-state index >= 15 is 0 Å². The average Bonchev–Trinajstić information content (AvgIpc) is 3.27. The van der Waals surface area contributed by atoms with E-state index in [0.29, 0.717) is 24.2 Å². The number of fused-ring (bicyclic) bond motifs is 2. The van der Waals surface area contributed by atoms with E-state index in [9.17, 15) is 18.0 Å². The van der Waals surface area contributed by atoms with Crippen LogP contribution in [-0.4, -0.2) is 50.8 Å². The highest BCUT2D eigenvalue weighted by Crippen LogP contribution is 2.36. The predicted molar refractivity (Wildman–Crippen MR) is 128 cm³/mol. The smallest absolute Gasteiger partial charge is 0.329 e. The van der Waals surface area contributed by atoms with E-state index in [1.54, 1.807) is 11.0 Å². The number of carbonyl (C=O) groups is 2. The number of benzene rings is 2. The number of piperidine rings is 1. The van der Waals surface area contributed by atoms with Crippen LogP contribution < -0.4 is 4.90 Å². The monoisotopic (exact) mass is 482 g/mol. The SMILES string of the molecule is COC(=O)C1Cc2ccccc2N1C(=O)C1CCN(S(=O)(=O)c2ccc3c(c2)CCCC3)CC1. The van der Waals surface area contributed by atoms with Crippen molar-refractivity contribution in [2.24, 2.45) is 5.92 Å². The molecule has 1 unspecified atom stereocenters. The summed E-state index contributed by atoms with van der Waals surface area (Å²) in [6.07, 6.45) is 5.46. The first-order valence-electron chi connectivity index (χ1n) is 12.0. The molecule has 5 rings (SSSR count). The number of methoxy groups -OCH3 is 1. The van der Waals surface area contributed by atoms with Gasteiger partial charge >= 0.3 is 5.97 Å². The molecule has 2 aliphatic heterocycles. The molecule has 8 heteroatoms. The Morgan fingerprint density at radius 2 is 1.65 bits per heavy atom. The molecule has 1 amide bonds. The Morgan fingerprint density at radius 1 is 0.941 bits per heavy atom. The Morgan fingerprint density at radius 3 is 2.38 bits per heavy atom. The molecule has 2 aromatic carbocycles.